The molecule has 19 heavy (non-hydrogen) atoms. The number of aromatic nitrogens is 1. The molecule has 0 unspecified atom stereocenters. The average molecular weight is 290 g/mol. The summed E-state index contributed by atoms with van der Waals surface area (Å²) in [5.74, 6) is -1.19. The SMILES string of the molecule is CC(C)n1cc(S(=O)(=O)N[C@H](C)CO)cc1C(=O)O. The standard InChI is InChI=1S/C11H18N2O5S/c1-7(2)13-5-9(4-10(13)11(15)16)19(17,18)12-8(3)6-14/h4-5,7-8,12,14H,6H2,1-3H3,(H,15,16)/t8-/m1/s1. The number of carboxylic acid groups (broad SMARTS) is 1. The molecule has 0 aliphatic rings. The number of carboxylic acids is 1. The number of rotatable bonds is 6. The van der Waals surface area contributed by atoms with E-state index in [-0.39, 0.29) is 23.2 Å². The van der Waals surface area contributed by atoms with Gasteiger partial charge in [0.05, 0.1) is 6.61 Å². The molecule has 7 nitrogen and oxygen atoms in total. The van der Waals surface area contributed by atoms with E-state index in [2.05, 4.69) is 4.72 Å². The molecule has 1 rings (SSSR count). The predicted octanol–water partition coefficient (Wildman–Crippen LogP) is 0.426. The molecular formula is C11H18N2O5S. The molecule has 0 aromatic carbocycles. The van der Waals surface area contributed by atoms with Crippen molar-refractivity contribution in [2.24, 2.45) is 0 Å². The summed E-state index contributed by atoms with van der Waals surface area (Å²) in [4.78, 5) is 10.9. The summed E-state index contributed by atoms with van der Waals surface area (Å²) in [5, 5.41) is 17.9. The lowest BCUT2D eigenvalue weighted by Gasteiger charge is -2.11. The van der Waals surface area contributed by atoms with Gasteiger partial charge in [-0.05, 0) is 26.8 Å². The second-order valence-corrected chi connectivity index (χ2v) is 6.29. The van der Waals surface area contributed by atoms with Gasteiger partial charge in [-0.3, -0.25) is 0 Å². The van der Waals surface area contributed by atoms with Crippen molar-refractivity contribution >= 4 is 16.0 Å². The van der Waals surface area contributed by atoms with Crippen LogP contribution in [0.15, 0.2) is 17.2 Å². The highest BCUT2D eigenvalue weighted by Crippen LogP contribution is 2.19. The van der Waals surface area contributed by atoms with Crippen LogP contribution in [0.1, 0.15) is 37.3 Å². The Morgan fingerprint density at radius 1 is 1.42 bits per heavy atom. The molecule has 0 radical (unpaired) electrons. The monoisotopic (exact) mass is 290 g/mol. The molecule has 0 amide bonds. The molecule has 1 heterocycles. The number of nitrogens with zero attached hydrogens (tertiary/aromatic N) is 1. The second kappa shape index (κ2) is 5.72. The average Bonchev–Trinajstić information content (AvgIpc) is 2.73. The van der Waals surface area contributed by atoms with E-state index in [0.717, 1.165) is 6.07 Å². The first-order valence-corrected chi connectivity index (χ1v) is 7.25. The Morgan fingerprint density at radius 2 is 2.00 bits per heavy atom. The maximum Gasteiger partial charge on any atom is 0.352 e. The van der Waals surface area contributed by atoms with Crippen LogP contribution in [0.2, 0.25) is 0 Å². The highest BCUT2D eigenvalue weighted by Gasteiger charge is 2.23. The van der Waals surface area contributed by atoms with Gasteiger partial charge in [0.15, 0.2) is 0 Å². The van der Waals surface area contributed by atoms with Crippen molar-refractivity contribution in [3.8, 4) is 0 Å². The van der Waals surface area contributed by atoms with Crippen LogP contribution in [0.4, 0.5) is 0 Å². The minimum atomic E-state index is -3.83. The van der Waals surface area contributed by atoms with Gasteiger partial charge < -0.3 is 14.8 Å². The summed E-state index contributed by atoms with van der Waals surface area (Å²) in [7, 11) is -3.83. The van der Waals surface area contributed by atoms with Crippen LogP contribution in [-0.4, -0.2) is 41.8 Å². The molecule has 0 aliphatic heterocycles. The van der Waals surface area contributed by atoms with E-state index in [0.29, 0.717) is 0 Å². The third kappa shape index (κ3) is 3.55. The van der Waals surface area contributed by atoms with Crippen molar-refractivity contribution in [3.05, 3.63) is 18.0 Å². The first-order valence-electron chi connectivity index (χ1n) is 5.77. The van der Waals surface area contributed by atoms with Crippen LogP contribution in [0.5, 0.6) is 0 Å². The minimum Gasteiger partial charge on any atom is -0.477 e. The fraction of sp³-hybridized carbons (Fsp3) is 0.545. The number of carbonyl (C=O) groups is 1. The molecule has 1 aromatic rings. The summed E-state index contributed by atoms with van der Waals surface area (Å²) in [6.07, 6.45) is 1.28. The Kier molecular flexibility index (Phi) is 4.72. The molecule has 0 spiro atoms. The van der Waals surface area contributed by atoms with Crippen molar-refractivity contribution in [1.82, 2.24) is 9.29 Å². The summed E-state index contributed by atoms with van der Waals surface area (Å²) in [6.45, 7) is 4.68. The molecular weight excluding hydrogens is 272 g/mol. The quantitative estimate of drug-likeness (QED) is 0.704. The van der Waals surface area contributed by atoms with Crippen LogP contribution < -0.4 is 4.72 Å². The van der Waals surface area contributed by atoms with Crippen LogP contribution >= 0.6 is 0 Å². The van der Waals surface area contributed by atoms with Gasteiger partial charge in [0.2, 0.25) is 10.0 Å². The predicted molar refractivity (Wildman–Crippen MR) is 68.6 cm³/mol. The van der Waals surface area contributed by atoms with E-state index >= 15 is 0 Å². The van der Waals surface area contributed by atoms with Gasteiger partial charge in [-0.2, -0.15) is 0 Å². The first kappa shape index (κ1) is 15.7. The highest BCUT2D eigenvalue weighted by atomic mass is 32.2. The van der Waals surface area contributed by atoms with Gasteiger partial charge in [-0.25, -0.2) is 17.9 Å². The normalized spacial score (nSPS) is 13.7. The number of aliphatic hydroxyl groups is 1. The van der Waals surface area contributed by atoms with E-state index < -0.39 is 22.0 Å². The minimum absolute atomic E-state index is 0.0907. The molecule has 3 N–H and O–H groups in total. The van der Waals surface area contributed by atoms with Gasteiger partial charge in [-0.1, -0.05) is 0 Å². The summed E-state index contributed by atoms with van der Waals surface area (Å²) < 4.78 is 27.6. The van der Waals surface area contributed by atoms with Crippen LogP contribution in [0.3, 0.4) is 0 Å². The number of hydrogen-bond acceptors (Lipinski definition) is 4. The van der Waals surface area contributed by atoms with Crippen molar-refractivity contribution < 1.29 is 23.4 Å². The molecule has 108 valence electrons. The third-order valence-corrected chi connectivity index (χ3v) is 4.10. The zero-order valence-corrected chi connectivity index (χ0v) is 11.8. The Morgan fingerprint density at radius 3 is 2.37 bits per heavy atom. The van der Waals surface area contributed by atoms with E-state index in [1.165, 1.54) is 17.7 Å². The van der Waals surface area contributed by atoms with Crippen molar-refractivity contribution in [3.63, 3.8) is 0 Å². The number of aromatic carboxylic acids is 1. The number of hydrogen-bond donors (Lipinski definition) is 3. The van der Waals surface area contributed by atoms with Gasteiger partial charge in [-0.15, -0.1) is 0 Å². The molecule has 1 atom stereocenters. The zero-order chi connectivity index (χ0) is 14.8. The van der Waals surface area contributed by atoms with Crippen LogP contribution in [0, 0.1) is 0 Å². The molecule has 8 heteroatoms. The number of aliphatic hydroxyl groups excluding tert-OH is 1. The van der Waals surface area contributed by atoms with Crippen LogP contribution in [-0.2, 0) is 10.0 Å². The largest absolute Gasteiger partial charge is 0.477 e. The van der Waals surface area contributed by atoms with Gasteiger partial charge >= 0.3 is 5.97 Å². The summed E-state index contributed by atoms with van der Waals surface area (Å²) in [6, 6.07) is 0.292. The van der Waals surface area contributed by atoms with Crippen molar-refractivity contribution in [1.29, 1.82) is 0 Å². The zero-order valence-electron chi connectivity index (χ0n) is 11.0. The van der Waals surface area contributed by atoms with E-state index in [1.807, 2.05) is 0 Å². The lowest BCUT2D eigenvalue weighted by atomic mass is 10.3. The van der Waals surface area contributed by atoms with E-state index in [1.54, 1.807) is 13.8 Å². The first-order chi connectivity index (χ1) is 8.69. The Hall–Kier alpha value is -1.38. The molecule has 0 bridgehead atoms. The summed E-state index contributed by atoms with van der Waals surface area (Å²) in [5.41, 5.74) is -0.0907. The topological polar surface area (TPSA) is 109 Å². The Balaban J connectivity index is 3.22. The van der Waals surface area contributed by atoms with Crippen molar-refractivity contribution in [2.75, 3.05) is 6.61 Å². The Bertz CT molecular complexity index is 562. The van der Waals surface area contributed by atoms with Crippen molar-refractivity contribution in [2.45, 2.75) is 37.8 Å². The second-order valence-electron chi connectivity index (χ2n) is 4.57. The molecule has 0 fully saturated rings. The molecule has 0 aliphatic carbocycles. The lowest BCUT2D eigenvalue weighted by molar-refractivity contribution is 0.0683. The maximum absolute atomic E-state index is 12.0. The third-order valence-electron chi connectivity index (χ3n) is 2.54. The number of sulfonamides is 1. The fourth-order valence-electron chi connectivity index (χ4n) is 1.57. The lowest BCUT2D eigenvalue weighted by Crippen LogP contribution is -2.34. The van der Waals surface area contributed by atoms with E-state index in [4.69, 9.17) is 10.2 Å². The van der Waals surface area contributed by atoms with E-state index in [9.17, 15) is 13.2 Å². The molecule has 0 saturated carbocycles. The summed E-state index contributed by atoms with van der Waals surface area (Å²) >= 11 is 0. The molecule has 1 aromatic heterocycles. The molecule has 0 saturated heterocycles. The highest BCUT2D eigenvalue weighted by molar-refractivity contribution is 7.89. The Labute approximate surface area is 111 Å². The number of nitrogens with one attached hydrogen (secondary N) is 1. The maximum atomic E-state index is 12.0. The van der Waals surface area contributed by atoms with Gasteiger partial charge in [0, 0.05) is 18.3 Å². The smallest absolute Gasteiger partial charge is 0.352 e. The van der Waals surface area contributed by atoms with Crippen LogP contribution in [0.25, 0.3) is 0 Å². The van der Waals surface area contributed by atoms with Gasteiger partial charge in [0.1, 0.15) is 10.6 Å². The van der Waals surface area contributed by atoms with Gasteiger partial charge in [0.25, 0.3) is 0 Å². The fourth-order valence-corrected chi connectivity index (χ4v) is 2.83.